The van der Waals surface area contributed by atoms with Gasteiger partial charge in [0, 0.05) is 18.3 Å². The van der Waals surface area contributed by atoms with E-state index in [9.17, 15) is 18.0 Å². The van der Waals surface area contributed by atoms with E-state index in [2.05, 4.69) is 0 Å². The number of amides is 1. The first-order chi connectivity index (χ1) is 15.2. The zero-order chi connectivity index (χ0) is 23.3. The molecule has 3 aromatic carbocycles. The summed E-state index contributed by atoms with van der Waals surface area (Å²) in [6.07, 6.45) is -4.02. The molecule has 1 atom stereocenters. The van der Waals surface area contributed by atoms with E-state index >= 15 is 0 Å². The Morgan fingerprint density at radius 3 is 2.28 bits per heavy atom. The van der Waals surface area contributed by atoms with Crippen LogP contribution < -0.4 is 15.4 Å². The van der Waals surface area contributed by atoms with Gasteiger partial charge in [0.1, 0.15) is 11.8 Å². The summed E-state index contributed by atoms with van der Waals surface area (Å²) in [5.41, 5.74) is 8.44. The maximum Gasteiger partial charge on any atom is 0.416 e. The second-order valence-electron chi connectivity index (χ2n) is 7.48. The number of ether oxygens (including phenoxy) is 1. The molecule has 0 bridgehead atoms. The van der Waals surface area contributed by atoms with Gasteiger partial charge in [-0.25, -0.2) is 0 Å². The predicted octanol–water partition coefficient (Wildman–Crippen LogP) is 5.30. The fraction of sp³-hybridized carbons (Fsp3) is 0.240. The van der Waals surface area contributed by atoms with E-state index in [1.165, 1.54) is 12.1 Å². The molecule has 0 heterocycles. The fourth-order valence-electron chi connectivity index (χ4n) is 3.42. The van der Waals surface area contributed by atoms with E-state index in [0.717, 1.165) is 17.7 Å². The molecule has 0 spiro atoms. The Hall–Kier alpha value is -3.32. The van der Waals surface area contributed by atoms with Gasteiger partial charge in [-0.1, -0.05) is 48.5 Å². The number of benzene rings is 3. The fourth-order valence-corrected chi connectivity index (χ4v) is 3.42. The van der Waals surface area contributed by atoms with Crippen LogP contribution in [0.3, 0.4) is 0 Å². The summed E-state index contributed by atoms with van der Waals surface area (Å²) >= 11 is 0. The van der Waals surface area contributed by atoms with E-state index in [-0.39, 0.29) is 12.5 Å². The lowest BCUT2D eigenvalue weighted by Crippen LogP contribution is -2.40. The van der Waals surface area contributed by atoms with Crippen molar-refractivity contribution in [3.63, 3.8) is 0 Å². The van der Waals surface area contributed by atoms with Crippen molar-refractivity contribution in [2.75, 3.05) is 18.6 Å². The van der Waals surface area contributed by atoms with Crippen LogP contribution >= 0.6 is 0 Å². The van der Waals surface area contributed by atoms with Gasteiger partial charge in [0.05, 0.1) is 12.7 Å². The second-order valence-corrected chi connectivity index (χ2v) is 7.48. The summed E-state index contributed by atoms with van der Waals surface area (Å²) in [6.45, 7) is 2.14. The van der Waals surface area contributed by atoms with Crippen molar-refractivity contribution in [1.82, 2.24) is 0 Å². The molecule has 0 radical (unpaired) electrons. The molecule has 0 aliphatic heterocycles. The number of aryl methyl sites for hydroxylation is 1. The van der Waals surface area contributed by atoms with Crippen molar-refractivity contribution < 1.29 is 22.7 Å². The molecule has 0 aromatic heterocycles. The lowest BCUT2D eigenvalue weighted by molar-refractivity contribution is -0.137. The Balaban J connectivity index is 1.87. The van der Waals surface area contributed by atoms with Crippen LogP contribution in [0.2, 0.25) is 0 Å². The van der Waals surface area contributed by atoms with Crippen LogP contribution in [0.15, 0.2) is 72.8 Å². The molecule has 0 saturated heterocycles. The third-order valence-electron chi connectivity index (χ3n) is 5.30. The smallest absolute Gasteiger partial charge is 0.416 e. The Bertz CT molecular complexity index is 1050. The lowest BCUT2D eigenvalue weighted by Gasteiger charge is -2.27. The molecule has 32 heavy (non-hydrogen) atoms. The predicted molar refractivity (Wildman–Crippen MR) is 119 cm³/mol. The Labute approximate surface area is 185 Å². The Kier molecular flexibility index (Phi) is 7.20. The summed E-state index contributed by atoms with van der Waals surface area (Å²) in [7, 11) is 1.55. The van der Waals surface area contributed by atoms with Crippen molar-refractivity contribution in [2.45, 2.75) is 25.6 Å². The van der Waals surface area contributed by atoms with Crippen molar-refractivity contribution in [3.05, 3.63) is 95.1 Å². The quantitative estimate of drug-likeness (QED) is 0.540. The molecule has 7 heteroatoms. The zero-order valence-corrected chi connectivity index (χ0v) is 17.9. The largest absolute Gasteiger partial charge is 0.496 e. The van der Waals surface area contributed by atoms with Crippen molar-refractivity contribution in [1.29, 1.82) is 0 Å². The number of halogens is 3. The minimum absolute atomic E-state index is 0.247. The molecular formula is C25H25F3N2O2. The normalized spacial score (nSPS) is 12.3. The van der Waals surface area contributed by atoms with Gasteiger partial charge in [-0.05, 0) is 48.2 Å². The van der Waals surface area contributed by atoms with E-state index in [1.807, 2.05) is 31.2 Å². The molecule has 0 saturated carbocycles. The Morgan fingerprint density at radius 2 is 1.69 bits per heavy atom. The first-order valence-corrected chi connectivity index (χ1v) is 10.1. The van der Waals surface area contributed by atoms with Gasteiger partial charge in [0.2, 0.25) is 5.91 Å². The first kappa shape index (κ1) is 23.3. The highest BCUT2D eigenvalue weighted by Crippen LogP contribution is 2.30. The van der Waals surface area contributed by atoms with Crippen LogP contribution in [0.4, 0.5) is 18.9 Å². The van der Waals surface area contributed by atoms with Gasteiger partial charge in [0.15, 0.2) is 0 Å². The molecule has 3 rings (SSSR count). The number of rotatable bonds is 7. The van der Waals surface area contributed by atoms with Crippen molar-refractivity contribution in [3.8, 4) is 5.75 Å². The standard InChI is InChI=1S/C25H25F3N2O2/c1-17-8-13-21(16-22(17)32-2)30(24(31)23(29)19-6-4-3-5-7-19)15-14-18-9-11-20(12-10-18)25(26,27)28/h3-13,16,23H,14-15,29H2,1-2H3/t23-/m0/s1. The van der Waals surface area contributed by atoms with Crippen LogP contribution in [0, 0.1) is 6.92 Å². The van der Waals surface area contributed by atoms with Crippen LogP contribution in [0.1, 0.15) is 28.3 Å². The monoisotopic (exact) mass is 442 g/mol. The maximum atomic E-state index is 13.3. The van der Waals surface area contributed by atoms with Gasteiger partial charge in [-0.3, -0.25) is 4.79 Å². The van der Waals surface area contributed by atoms with Crippen molar-refractivity contribution in [2.24, 2.45) is 5.73 Å². The summed E-state index contributed by atoms with van der Waals surface area (Å²) < 4.78 is 43.9. The Morgan fingerprint density at radius 1 is 1.03 bits per heavy atom. The number of alkyl halides is 3. The number of nitrogens with zero attached hydrogens (tertiary/aromatic N) is 1. The van der Waals surface area contributed by atoms with Gasteiger partial charge in [0.25, 0.3) is 0 Å². The first-order valence-electron chi connectivity index (χ1n) is 10.1. The van der Waals surface area contributed by atoms with Crippen molar-refractivity contribution >= 4 is 11.6 Å². The van der Waals surface area contributed by atoms with E-state index in [1.54, 1.807) is 36.3 Å². The third-order valence-corrected chi connectivity index (χ3v) is 5.30. The summed E-state index contributed by atoms with van der Waals surface area (Å²) in [6, 6.07) is 18.5. The number of anilines is 1. The topological polar surface area (TPSA) is 55.6 Å². The second kappa shape index (κ2) is 9.87. The van der Waals surface area contributed by atoms with Crippen LogP contribution in [0.25, 0.3) is 0 Å². The number of hydrogen-bond acceptors (Lipinski definition) is 3. The van der Waals surface area contributed by atoms with Crippen LogP contribution in [-0.4, -0.2) is 19.6 Å². The number of nitrogens with two attached hydrogens (primary N) is 1. The molecule has 0 aliphatic rings. The average Bonchev–Trinajstić information content (AvgIpc) is 2.79. The third kappa shape index (κ3) is 5.48. The summed E-state index contributed by atoms with van der Waals surface area (Å²) in [5.74, 6) is 0.317. The van der Waals surface area contributed by atoms with Gasteiger partial charge >= 0.3 is 6.18 Å². The molecule has 168 valence electrons. The highest BCUT2D eigenvalue weighted by atomic mass is 19.4. The summed E-state index contributed by atoms with van der Waals surface area (Å²) in [4.78, 5) is 14.9. The van der Waals surface area contributed by atoms with E-state index in [0.29, 0.717) is 29.0 Å². The van der Waals surface area contributed by atoms with Gasteiger partial charge in [-0.2, -0.15) is 13.2 Å². The molecule has 0 fully saturated rings. The molecule has 3 aromatic rings. The molecule has 4 nitrogen and oxygen atoms in total. The summed E-state index contributed by atoms with van der Waals surface area (Å²) in [5, 5.41) is 0. The molecule has 2 N–H and O–H groups in total. The number of carbonyl (C=O) groups excluding carboxylic acids is 1. The van der Waals surface area contributed by atoms with E-state index in [4.69, 9.17) is 10.5 Å². The number of methoxy groups -OCH3 is 1. The number of carbonyl (C=O) groups is 1. The molecular weight excluding hydrogens is 417 g/mol. The minimum Gasteiger partial charge on any atom is -0.496 e. The van der Waals surface area contributed by atoms with Gasteiger partial charge in [-0.15, -0.1) is 0 Å². The molecule has 0 aliphatic carbocycles. The lowest BCUT2D eigenvalue weighted by atomic mass is 10.0. The maximum absolute atomic E-state index is 13.3. The molecule has 1 amide bonds. The molecule has 0 unspecified atom stereocenters. The van der Waals surface area contributed by atoms with Gasteiger partial charge < -0.3 is 15.4 Å². The number of hydrogen-bond donors (Lipinski definition) is 1. The zero-order valence-electron chi connectivity index (χ0n) is 17.9. The highest BCUT2D eigenvalue weighted by Gasteiger charge is 2.30. The van der Waals surface area contributed by atoms with E-state index < -0.39 is 17.8 Å². The average molecular weight is 442 g/mol. The van der Waals surface area contributed by atoms with Crippen LogP contribution in [0.5, 0.6) is 5.75 Å². The SMILES string of the molecule is COc1cc(N(CCc2ccc(C(F)(F)F)cc2)C(=O)[C@@H](N)c2ccccc2)ccc1C. The van der Waals surface area contributed by atoms with Crippen LogP contribution in [-0.2, 0) is 17.4 Å². The minimum atomic E-state index is -4.39. The highest BCUT2D eigenvalue weighted by molar-refractivity contribution is 5.98.